The van der Waals surface area contributed by atoms with Gasteiger partial charge in [-0.3, -0.25) is 4.79 Å². The summed E-state index contributed by atoms with van der Waals surface area (Å²) >= 11 is 0. The molecule has 0 unspecified atom stereocenters. The molecular weight excluding hydrogens is 208 g/mol. The Morgan fingerprint density at radius 1 is 1.50 bits per heavy atom. The Morgan fingerprint density at radius 3 is 3.00 bits per heavy atom. The number of nitrogens with zero attached hydrogens (tertiary/aromatic N) is 1. The molecule has 0 saturated heterocycles. The van der Waals surface area contributed by atoms with Gasteiger partial charge < -0.3 is 15.2 Å². The van der Waals surface area contributed by atoms with Gasteiger partial charge in [-0.05, 0) is 25.0 Å². The highest BCUT2D eigenvalue weighted by Crippen LogP contribution is 2.17. The molecule has 5 heteroatoms. The quantitative estimate of drug-likeness (QED) is 0.583. The van der Waals surface area contributed by atoms with Crippen LogP contribution in [0.3, 0.4) is 0 Å². The first kappa shape index (κ1) is 12.3. The van der Waals surface area contributed by atoms with Crippen molar-refractivity contribution in [2.75, 3.05) is 19.5 Å². The molecule has 0 saturated carbocycles. The number of esters is 1. The number of carbonyl (C=O) groups is 1. The number of rotatable bonds is 6. The molecule has 0 atom stereocenters. The van der Waals surface area contributed by atoms with Crippen molar-refractivity contribution in [3.05, 3.63) is 18.3 Å². The maximum Gasteiger partial charge on any atom is 0.305 e. The van der Waals surface area contributed by atoms with E-state index in [9.17, 15) is 4.79 Å². The number of nitrogens with two attached hydrogens (primary N) is 1. The first-order chi connectivity index (χ1) is 7.74. The first-order valence-electron chi connectivity index (χ1n) is 5.14. The van der Waals surface area contributed by atoms with E-state index in [0.717, 1.165) is 12.8 Å². The number of ether oxygens (including phenoxy) is 2. The Morgan fingerprint density at radius 2 is 2.31 bits per heavy atom. The van der Waals surface area contributed by atoms with Crippen molar-refractivity contribution < 1.29 is 14.3 Å². The normalized spacial score (nSPS) is 9.81. The fourth-order valence-corrected chi connectivity index (χ4v) is 1.18. The van der Waals surface area contributed by atoms with Gasteiger partial charge in [0.05, 0.1) is 13.7 Å². The Kier molecular flexibility index (Phi) is 5.11. The van der Waals surface area contributed by atoms with E-state index in [1.54, 1.807) is 18.3 Å². The Bertz CT molecular complexity index is 342. The number of methoxy groups -OCH3 is 1. The van der Waals surface area contributed by atoms with E-state index in [1.807, 2.05) is 0 Å². The highest BCUT2D eigenvalue weighted by molar-refractivity contribution is 5.68. The lowest BCUT2D eigenvalue weighted by Crippen LogP contribution is -2.04. The maximum absolute atomic E-state index is 10.8. The monoisotopic (exact) mass is 224 g/mol. The predicted molar refractivity (Wildman–Crippen MR) is 60.0 cm³/mol. The maximum atomic E-state index is 10.8. The highest BCUT2D eigenvalue weighted by atomic mass is 16.5. The van der Waals surface area contributed by atoms with E-state index >= 15 is 0 Å². The third-order valence-corrected chi connectivity index (χ3v) is 2.06. The van der Waals surface area contributed by atoms with Crippen molar-refractivity contribution in [2.45, 2.75) is 19.3 Å². The summed E-state index contributed by atoms with van der Waals surface area (Å²) in [4.78, 5) is 14.7. The number of aromatic nitrogens is 1. The van der Waals surface area contributed by atoms with E-state index in [-0.39, 0.29) is 5.97 Å². The van der Waals surface area contributed by atoms with Crippen LogP contribution in [0.15, 0.2) is 18.3 Å². The molecule has 16 heavy (non-hydrogen) atoms. The lowest BCUT2D eigenvalue weighted by atomic mass is 10.2. The van der Waals surface area contributed by atoms with Gasteiger partial charge in [-0.25, -0.2) is 4.98 Å². The van der Waals surface area contributed by atoms with Crippen LogP contribution < -0.4 is 10.5 Å². The zero-order valence-corrected chi connectivity index (χ0v) is 9.31. The van der Waals surface area contributed by atoms with Gasteiger partial charge >= 0.3 is 5.97 Å². The van der Waals surface area contributed by atoms with Gasteiger partial charge in [-0.2, -0.15) is 0 Å². The Hall–Kier alpha value is -1.78. The van der Waals surface area contributed by atoms with Crippen LogP contribution in [-0.2, 0) is 9.53 Å². The zero-order valence-electron chi connectivity index (χ0n) is 9.31. The van der Waals surface area contributed by atoms with Crippen molar-refractivity contribution in [2.24, 2.45) is 0 Å². The van der Waals surface area contributed by atoms with Gasteiger partial charge in [0.2, 0.25) is 0 Å². The second-order valence-electron chi connectivity index (χ2n) is 3.27. The van der Waals surface area contributed by atoms with Gasteiger partial charge in [0.1, 0.15) is 0 Å². The molecule has 2 N–H and O–H groups in total. The minimum atomic E-state index is -0.194. The van der Waals surface area contributed by atoms with Crippen molar-refractivity contribution >= 4 is 11.8 Å². The van der Waals surface area contributed by atoms with Crippen molar-refractivity contribution in [1.82, 2.24) is 4.98 Å². The molecule has 5 nitrogen and oxygen atoms in total. The standard InChI is InChI=1S/C11H16N2O3/c1-15-10(14)6-2-3-8-16-9-5-4-7-13-11(9)12/h4-5,7H,2-3,6,8H2,1H3,(H2,12,13). The van der Waals surface area contributed by atoms with Crippen molar-refractivity contribution in [1.29, 1.82) is 0 Å². The van der Waals surface area contributed by atoms with Crippen LogP contribution in [0.2, 0.25) is 0 Å². The summed E-state index contributed by atoms with van der Waals surface area (Å²) in [6.45, 7) is 0.521. The largest absolute Gasteiger partial charge is 0.490 e. The van der Waals surface area contributed by atoms with Crippen LogP contribution >= 0.6 is 0 Å². The predicted octanol–water partition coefficient (Wildman–Crippen LogP) is 1.39. The summed E-state index contributed by atoms with van der Waals surface area (Å²) in [6, 6.07) is 3.53. The average Bonchev–Trinajstić information content (AvgIpc) is 2.30. The van der Waals surface area contributed by atoms with Gasteiger partial charge in [0, 0.05) is 12.6 Å². The van der Waals surface area contributed by atoms with E-state index in [0.29, 0.717) is 24.6 Å². The minimum absolute atomic E-state index is 0.194. The number of unbranched alkanes of at least 4 members (excludes halogenated alkanes) is 1. The number of nitrogen functional groups attached to an aromatic ring is 1. The molecule has 1 aromatic rings. The van der Waals surface area contributed by atoms with Gasteiger partial charge in [-0.1, -0.05) is 0 Å². The molecule has 1 rings (SSSR count). The smallest absolute Gasteiger partial charge is 0.305 e. The van der Waals surface area contributed by atoms with E-state index in [2.05, 4.69) is 9.72 Å². The van der Waals surface area contributed by atoms with Crippen LogP contribution in [-0.4, -0.2) is 24.7 Å². The Labute approximate surface area is 94.6 Å². The fourth-order valence-electron chi connectivity index (χ4n) is 1.18. The second-order valence-corrected chi connectivity index (χ2v) is 3.27. The zero-order chi connectivity index (χ0) is 11.8. The summed E-state index contributed by atoms with van der Waals surface area (Å²) < 4.78 is 9.94. The Balaban J connectivity index is 2.17. The molecule has 0 spiro atoms. The average molecular weight is 224 g/mol. The SMILES string of the molecule is COC(=O)CCCCOc1cccnc1N. The van der Waals surface area contributed by atoms with Crippen LogP contribution in [0.1, 0.15) is 19.3 Å². The molecule has 88 valence electrons. The summed E-state index contributed by atoms with van der Waals surface area (Å²) in [7, 11) is 1.38. The molecule has 0 aliphatic carbocycles. The molecule has 0 aliphatic heterocycles. The van der Waals surface area contributed by atoms with Crippen LogP contribution in [0, 0.1) is 0 Å². The molecule has 1 heterocycles. The first-order valence-corrected chi connectivity index (χ1v) is 5.14. The van der Waals surface area contributed by atoms with Gasteiger partial charge in [-0.15, -0.1) is 0 Å². The number of hydrogen-bond donors (Lipinski definition) is 1. The highest BCUT2D eigenvalue weighted by Gasteiger charge is 2.01. The number of hydrogen-bond acceptors (Lipinski definition) is 5. The summed E-state index contributed by atoms with van der Waals surface area (Å²) in [5.41, 5.74) is 5.59. The molecule has 0 aromatic carbocycles. The number of pyridine rings is 1. The molecular formula is C11H16N2O3. The fraction of sp³-hybridized carbons (Fsp3) is 0.455. The second kappa shape index (κ2) is 6.66. The molecule has 0 aliphatic rings. The third kappa shape index (κ3) is 4.16. The lowest BCUT2D eigenvalue weighted by Gasteiger charge is -2.07. The molecule has 0 fully saturated rings. The summed E-state index contributed by atoms with van der Waals surface area (Å²) in [5.74, 6) is 0.775. The van der Waals surface area contributed by atoms with Gasteiger partial charge in [0.25, 0.3) is 0 Å². The molecule has 0 radical (unpaired) electrons. The summed E-state index contributed by atoms with van der Waals surface area (Å²) in [6.07, 6.45) is 3.55. The van der Waals surface area contributed by atoms with Crippen molar-refractivity contribution in [3.63, 3.8) is 0 Å². The minimum Gasteiger partial charge on any atom is -0.490 e. The lowest BCUT2D eigenvalue weighted by molar-refractivity contribution is -0.140. The topological polar surface area (TPSA) is 74.4 Å². The van der Waals surface area contributed by atoms with E-state index in [4.69, 9.17) is 10.5 Å². The van der Waals surface area contributed by atoms with E-state index in [1.165, 1.54) is 7.11 Å². The molecule has 0 amide bonds. The van der Waals surface area contributed by atoms with Crippen molar-refractivity contribution in [3.8, 4) is 5.75 Å². The van der Waals surface area contributed by atoms with E-state index < -0.39 is 0 Å². The van der Waals surface area contributed by atoms with Crippen LogP contribution in [0.4, 0.5) is 5.82 Å². The number of carbonyl (C=O) groups excluding carboxylic acids is 1. The van der Waals surface area contributed by atoms with Crippen LogP contribution in [0.5, 0.6) is 5.75 Å². The summed E-state index contributed by atoms with van der Waals surface area (Å²) in [5, 5.41) is 0. The van der Waals surface area contributed by atoms with Gasteiger partial charge in [0.15, 0.2) is 11.6 Å². The van der Waals surface area contributed by atoms with Crippen LogP contribution in [0.25, 0.3) is 0 Å². The third-order valence-electron chi connectivity index (χ3n) is 2.06. The molecule has 0 bridgehead atoms. The molecule has 1 aromatic heterocycles. The number of anilines is 1.